The maximum atomic E-state index is 12.2. The highest BCUT2D eigenvalue weighted by Gasteiger charge is 2.18. The van der Waals surface area contributed by atoms with Crippen molar-refractivity contribution in [3.8, 4) is 5.75 Å². The van der Waals surface area contributed by atoms with E-state index in [-0.39, 0.29) is 29.4 Å². The van der Waals surface area contributed by atoms with Crippen LogP contribution in [0.2, 0.25) is 0 Å². The largest absolute Gasteiger partial charge is 0.508 e. The zero-order valence-electron chi connectivity index (χ0n) is 14.2. The first kappa shape index (κ1) is 17.4. The molecule has 0 aliphatic carbocycles. The molecule has 0 unspecified atom stereocenters. The smallest absolute Gasteiger partial charge is 0.329 e. The van der Waals surface area contributed by atoms with E-state index in [1.54, 1.807) is 19.1 Å². The number of imidazole rings is 1. The number of phenolic OH excluding ortho intramolecular Hbond substituents is 1. The number of H-pyrrole nitrogens is 1. The molecule has 10 nitrogen and oxygen atoms in total. The fraction of sp³-hybridized carbons (Fsp3) is 0.250. The average molecular weight is 358 g/mol. The number of hydrogen-bond acceptors (Lipinski definition) is 7. The van der Waals surface area contributed by atoms with Crippen LogP contribution in [-0.4, -0.2) is 41.6 Å². The first-order valence-electron chi connectivity index (χ1n) is 7.82. The quantitative estimate of drug-likeness (QED) is 0.373. The highest BCUT2D eigenvalue weighted by molar-refractivity contribution is 5.80. The molecule has 4 N–H and O–H groups in total. The average Bonchev–Trinajstić information content (AvgIpc) is 2.93. The summed E-state index contributed by atoms with van der Waals surface area (Å²) in [6.07, 6.45) is 0.764. The highest BCUT2D eigenvalue weighted by atomic mass is 16.3. The van der Waals surface area contributed by atoms with Gasteiger partial charge in [-0.3, -0.25) is 14.3 Å². The van der Waals surface area contributed by atoms with Crippen molar-refractivity contribution in [3.63, 3.8) is 0 Å². The summed E-state index contributed by atoms with van der Waals surface area (Å²) in [4.78, 5) is 30.4. The van der Waals surface area contributed by atoms with Crippen LogP contribution < -0.4 is 16.7 Å². The maximum absolute atomic E-state index is 12.2. The Labute approximate surface area is 147 Å². The summed E-state index contributed by atoms with van der Waals surface area (Å²) >= 11 is 0. The Bertz CT molecular complexity index is 1080. The van der Waals surface area contributed by atoms with Crippen molar-refractivity contribution >= 4 is 23.3 Å². The fourth-order valence-corrected chi connectivity index (χ4v) is 2.49. The molecule has 0 bridgehead atoms. The van der Waals surface area contributed by atoms with E-state index < -0.39 is 17.4 Å². The number of nitrogens with zero attached hydrogens (tertiary/aromatic N) is 4. The van der Waals surface area contributed by atoms with Gasteiger partial charge in [0.25, 0.3) is 5.56 Å². The van der Waals surface area contributed by atoms with Crippen molar-refractivity contribution in [2.75, 3.05) is 5.43 Å². The molecule has 0 fully saturated rings. The Morgan fingerprint density at radius 1 is 1.35 bits per heavy atom. The van der Waals surface area contributed by atoms with E-state index in [9.17, 15) is 19.8 Å². The van der Waals surface area contributed by atoms with Crippen molar-refractivity contribution < 1.29 is 10.2 Å². The SMILES string of the molecule is C[C@@H](O)Cn1c(N/N=C/c2ccc(O)cc2)nc2c1c(=O)[nH]c(=O)n2C. The Balaban J connectivity index is 2.02. The molecule has 0 saturated heterocycles. The van der Waals surface area contributed by atoms with E-state index >= 15 is 0 Å². The normalized spacial score (nSPS) is 12.7. The van der Waals surface area contributed by atoms with Crippen LogP contribution in [0.4, 0.5) is 5.95 Å². The molecule has 0 aliphatic rings. The van der Waals surface area contributed by atoms with Gasteiger partial charge in [-0.1, -0.05) is 0 Å². The number of fused-ring (bicyclic) bond motifs is 1. The zero-order chi connectivity index (χ0) is 18.8. The Kier molecular flexibility index (Phi) is 4.59. The fourth-order valence-electron chi connectivity index (χ4n) is 2.49. The van der Waals surface area contributed by atoms with Gasteiger partial charge in [-0.05, 0) is 36.8 Å². The van der Waals surface area contributed by atoms with Gasteiger partial charge in [0.15, 0.2) is 11.2 Å². The molecule has 136 valence electrons. The number of aromatic nitrogens is 4. The van der Waals surface area contributed by atoms with Crippen molar-refractivity contribution in [3.05, 3.63) is 50.7 Å². The maximum Gasteiger partial charge on any atom is 0.329 e. The van der Waals surface area contributed by atoms with E-state index in [0.29, 0.717) is 0 Å². The molecule has 3 aromatic rings. The zero-order valence-corrected chi connectivity index (χ0v) is 14.2. The molecule has 0 spiro atoms. The number of hydrogen-bond donors (Lipinski definition) is 4. The van der Waals surface area contributed by atoms with Crippen LogP contribution in [0.5, 0.6) is 5.75 Å². The summed E-state index contributed by atoms with van der Waals surface area (Å²) in [6.45, 7) is 1.67. The molecule has 3 rings (SSSR count). The van der Waals surface area contributed by atoms with Gasteiger partial charge in [-0.2, -0.15) is 10.1 Å². The minimum Gasteiger partial charge on any atom is -0.508 e. The van der Waals surface area contributed by atoms with E-state index in [1.807, 2.05) is 0 Å². The first-order valence-corrected chi connectivity index (χ1v) is 7.82. The molecule has 0 aliphatic heterocycles. The van der Waals surface area contributed by atoms with Gasteiger partial charge < -0.3 is 14.8 Å². The number of aliphatic hydroxyl groups is 1. The third-order valence-electron chi connectivity index (χ3n) is 3.73. The van der Waals surface area contributed by atoms with E-state index in [1.165, 1.54) is 34.5 Å². The van der Waals surface area contributed by atoms with Crippen LogP contribution in [-0.2, 0) is 13.6 Å². The van der Waals surface area contributed by atoms with Crippen molar-refractivity contribution in [2.45, 2.75) is 19.6 Å². The number of benzene rings is 1. The van der Waals surface area contributed by atoms with Crippen LogP contribution in [0.1, 0.15) is 12.5 Å². The lowest BCUT2D eigenvalue weighted by atomic mass is 10.2. The number of aromatic amines is 1. The number of rotatable bonds is 5. The van der Waals surface area contributed by atoms with E-state index in [2.05, 4.69) is 20.5 Å². The van der Waals surface area contributed by atoms with Crippen molar-refractivity contribution in [1.82, 2.24) is 19.1 Å². The van der Waals surface area contributed by atoms with Gasteiger partial charge >= 0.3 is 5.69 Å². The number of anilines is 1. The van der Waals surface area contributed by atoms with Crippen LogP contribution >= 0.6 is 0 Å². The third-order valence-corrected chi connectivity index (χ3v) is 3.73. The van der Waals surface area contributed by atoms with Gasteiger partial charge in [0.1, 0.15) is 5.75 Å². The molecule has 0 amide bonds. The molecular weight excluding hydrogens is 340 g/mol. The summed E-state index contributed by atoms with van der Waals surface area (Å²) in [5.74, 6) is 0.358. The molecule has 10 heteroatoms. The summed E-state index contributed by atoms with van der Waals surface area (Å²) in [5.41, 5.74) is 2.63. The summed E-state index contributed by atoms with van der Waals surface area (Å²) in [5, 5.41) is 23.1. The number of phenols is 1. The molecule has 0 radical (unpaired) electrons. The Hall–Kier alpha value is -3.40. The van der Waals surface area contributed by atoms with Gasteiger partial charge in [-0.15, -0.1) is 0 Å². The monoisotopic (exact) mass is 358 g/mol. The molecular formula is C16H18N6O4. The second kappa shape index (κ2) is 6.84. The van der Waals surface area contributed by atoms with Gasteiger partial charge in [-0.25, -0.2) is 10.2 Å². The standard InChI is InChI=1S/C16H18N6O4/c1-9(23)8-22-12-13(21(2)16(26)19-14(12)25)18-15(22)20-17-7-10-3-5-11(24)6-4-10/h3-7,9,23-24H,8H2,1-2H3,(H,18,20)(H,19,25,26)/b17-7+/t9-/m1/s1. The van der Waals surface area contributed by atoms with Crippen molar-refractivity contribution in [2.24, 2.45) is 12.1 Å². The predicted molar refractivity (Wildman–Crippen MR) is 96.6 cm³/mol. The van der Waals surface area contributed by atoms with Crippen LogP contribution in [0.3, 0.4) is 0 Å². The molecule has 1 aromatic carbocycles. The number of aromatic hydroxyl groups is 1. The summed E-state index contributed by atoms with van der Waals surface area (Å²) < 4.78 is 2.68. The van der Waals surface area contributed by atoms with Crippen LogP contribution in [0.25, 0.3) is 11.2 Å². The number of aliphatic hydroxyl groups excluding tert-OH is 1. The van der Waals surface area contributed by atoms with Gasteiger partial charge in [0.2, 0.25) is 5.95 Å². The van der Waals surface area contributed by atoms with Crippen molar-refractivity contribution in [1.29, 1.82) is 0 Å². The Morgan fingerprint density at radius 3 is 2.69 bits per heavy atom. The second-order valence-electron chi connectivity index (χ2n) is 5.85. The topological polar surface area (TPSA) is 138 Å². The van der Waals surface area contributed by atoms with Gasteiger partial charge in [0.05, 0.1) is 18.9 Å². The van der Waals surface area contributed by atoms with E-state index in [0.717, 1.165) is 5.56 Å². The van der Waals surface area contributed by atoms with Crippen LogP contribution in [0.15, 0.2) is 39.0 Å². The second-order valence-corrected chi connectivity index (χ2v) is 5.85. The molecule has 0 saturated carbocycles. The van der Waals surface area contributed by atoms with Crippen LogP contribution in [0, 0.1) is 0 Å². The molecule has 2 heterocycles. The molecule has 2 aromatic heterocycles. The lowest BCUT2D eigenvalue weighted by molar-refractivity contribution is 0.175. The third kappa shape index (κ3) is 3.35. The summed E-state index contributed by atoms with van der Waals surface area (Å²) in [7, 11) is 1.49. The first-order chi connectivity index (χ1) is 12.4. The minimum atomic E-state index is -0.745. The number of nitrogens with one attached hydrogen (secondary N) is 2. The lowest BCUT2D eigenvalue weighted by Crippen LogP contribution is -2.29. The lowest BCUT2D eigenvalue weighted by Gasteiger charge is -2.09. The van der Waals surface area contributed by atoms with Gasteiger partial charge in [0, 0.05) is 7.05 Å². The number of aryl methyl sites for hydroxylation is 1. The molecule has 1 atom stereocenters. The highest BCUT2D eigenvalue weighted by Crippen LogP contribution is 2.16. The number of hydrazone groups is 1. The summed E-state index contributed by atoms with van der Waals surface area (Å²) in [6, 6.07) is 6.40. The minimum absolute atomic E-state index is 0.0921. The Morgan fingerprint density at radius 2 is 2.04 bits per heavy atom. The van der Waals surface area contributed by atoms with E-state index in [4.69, 9.17) is 0 Å². The predicted octanol–water partition coefficient (Wildman–Crippen LogP) is -0.0443. The molecule has 26 heavy (non-hydrogen) atoms.